The Hall–Kier alpha value is -1.55. The van der Waals surface area contributed by atoms with E-state index in [9.17, 15) is 4.79 Å². The first kappa shape index (κ1) is 13.5. The van der Waals surface area contributed by atoms with Crippen molar-refractivity contribution in [1.82, 2.24) is 4.90 Å². The van der Waals surface area contributed by atoms with Crippen LogP contribution in [-0.2, 0) is 4.74 Å². The number of carbonyl (C=O) groups excluding carboxylic acids is 1. The lowest BCUT2D eigenvalue weighted by molar-refractivity contribution is 0.0600. The van der Waals surface area contributed by atoms with Gasteiger partial charge in [0.15, 0.2) is 0 Å². The van der Waals surface area contributed by atoms with E-state index < -0.39 is 0 Å². The van der Waals surface area contributed by atoms with Crippen LogP contribution in [0.15, 0.2) is 18.2 Å². The van der Waals surface area contributed by atoms with Gasteiger partial charge >= 0.3 is 5.97 Å². The first-order valence-electron chi connectivity index (χ1n) is 5.51. The predicted octanol–water partition coefficient (Wildman–Crippen LogP) is 1.72. The van der Waals surface area contributed by atoms with Gasteiger partial charge in [-0.15, -0.1) is 0 Å². The van der Waals surface area contributed by atoms with Gasteiger partial charge in [0, 0.05) is 6.54 Å². The van der Waals surface area contributed by atoms with Gasteiger partial charge in [0.2, 0.25) is 0 Å². The maximum absolute atomic E-state index is 11.3. The van der Waals surface area contributed by atoms with Crippen molar-refractivity contribution in [2.24, 2.45) is 0 Å². The Labute approximate surface area is 102 Å². The minimum atomic E-state index is -0.326. The number of hydrogen-bond donors (Lipinski definition) is 0. The molecule has 0 atom stereocenters. The number of rotatable bonds is 5. The molecular weight excluding hydrogens is 218 g/mol. The average molecular weight is 237 g/mol. The molecule has 0 saturated heterocycles. The second kappa shape index (κ2) is 6.25. The number of hydrogen-bond acceptors (Lipinski definition) is 4. The van der Waals surface area contributed by atoms with E-state index in [1.165, 1.54) is 7.11 Å². The highest BCUT2D eigenvalue weighted by molar-refractivity contribution is 5.89. The summed E-state index contributed by atoms with van der Waals surface area (Å²) in [7, 11) is 5.37. The van der Waals surface area contributed by atoms with Gasteiger partial charge in [-0.1, -0.05) is 0 Å². The molecule has 0 heterocycles. The highest BCUT2D eigenvalue weighted by Gasteiger charge is 2.08. The van der Waals surface area contributed by atoms with Crippen molar-refractivity contribution in [3.63, 3.8) is 0 Å². The highest BCUT2D eigenvalue weighted by atomic mass is 16.5. The molecule has 0 saturated carbocycles. The summed E-state index contributed by atoms with van der Waals surface area (Å²) in [6.45, 7) is 3.40. The number of aryl methyl sites for hydroxylation is 1. The molecule has 0 aromatic heterocycles. The highest BCUT2D eigenvalue weighted by Crippen LogP contribution is 2.19. The van der Waals surface area contributed by atoms with Crippen molar-refractivity contribution in [2.75, 3.05) is 34.4 Å². The Morgan fingerprint density at radius 2 is 2.06 bits per heavy atom. The van der Waals surface area contributed by atoms with E-state index in [4.69, 9.17) is 4.74 Å². The van der Waals surface area contributed by atoms with Crippen LogP contribution in [0.1, 0.15) is 15.9 Å². The number of nitrogens with zero attached hydrogens (tertiary/aromatic N) is 1. The number of benzene rings is 1. The topological polar surface area (TPSA) is 38.8 Å². The summed E-state index contributed by atoms with van der Waals surface area (Å²) in [4.78, 5) is 13.4. The summed E-state index contributed by atoms with van der Waals surface area (Å²) in [5, 5.41) is 0. The van der Waals surface area contributed by atoms with E-state index in [2.05, 4.69) is 9.64 Å². The minimum absolute atomic E-state index is 0.326. The van der Waals surface area contributed by atoms with Crippen LogP contribution < -0.4 is 4.74 Å². The number of carbonyl (C=O) groups is 1. The zero-order valence-corrected chi connectivity index (χ0v) is 10.8. The minimum Gasteiger partial charge on any atom is -0.492 e. The second-order valence-electron chi connectivity index (χ2n) is 4.12. The lowest BCUT2D eigenvalue weighted by Crippen LogP contribution is -2.19. The van der Waals surface area contributed by atoms with Gasteiger partial charge in [0.05, 0.1) is 12.7 Å². The maximum atomic E-state index is 11.3. The molecule has 0 fully saturated rings. The van der Waals surface area contributed by atoms with Gasteiger partial charge in [0.1, 0.15) is 12.4 Å². The Morgan fingerprint density at radius 1 is 1.35 bits per heavy atom. The molecule has 0 unspecified atom stereocenters. The summed E-state index contributed by atoms with van der Waals surface area (Å²) in [5.74, 6) is 0.479. The molecule has 94 valence electrons. The molecule has 17 heavy (non-hydrogen) atoms. The van der Waals surface area contributed by atoms with Crippen molar-refractivity contribution >= 4 is 5.97 Å². The van der Waals surface area contributed by atoms with Gasteiger partial charge in [-0.25, -0.2) is 4.79 Å². The molecule has 1 rings (SSSR count). The van der Waals surface area contributed by atoms with E-state index >= 15 is 0 Å². The van der Waals surface area contributed by atoms with Crippen molar-refractivity contribution in [3.05, 3.63) is 29.3 Å². The molecular formula is C13H19NO3. The fourth-order valence-electron chi connectivity index (χ4n) is 1.39. The first-order valence-corrected chi connectivity index (χ1v) is 5.51. The standard InChI is InChI=1S/C13H19NO3/c1-10-9-11(13(15)16-4)5-6-12(10)17-8-7-14(2)3/h5-6,9H,7-8H2,1-4H3. The lowest BCUT2D eigenvalue weighted by atomic mass is 10.1. The molecule has 0 aliphatic rings. The molecule has 4 nitrogen and oxygen atoms in total. The van der Waals surface area contributed by atoms with Crippen LogP contribution in [0.25, 0.3) is 0 Å². The smallest absolute Gasteiger partial charge is 0.337 e. The van der Waals surface area contributed by atoms with Gasteiger partial charge < -0.3 is 14.4 Å². The molecule has 0 N–H and O–H groups in total. The number of likely N-dealkylation sites (N-methyl/N-ethyl adjacent to an activating group) is 1. The van der Waals surface area contributed by atoms with Crippen molar-refractivity contribution < 1.29 is 14.3 Å². The van der Waals surface area contributed by atoms with Crippen molar-refractivity contribution in [1.29, 1.82) is 0 Å². The van der Waals surface area contributed by atoms with Crippen LogP contribution in [-0.4, -0.2) is 45.2 Å². The van der Waals surface area contributed by atoms with Crippen molar-refractivity contribution in [3.8, 4) is 5.75 Å². The largest absolute Gasteiger partial charge is 0.492 e. The van der Waals surface area contributed by atoms with Gasteiger partial charge in [0.25, 0.3) is 0 Å². The molecule has 0 aliphatic carbocycles. The summed E-state index contributed by atoms with van der Waals surface area (Å²) in [6, 6.07) is 5.29. The third-order valence-electron chi connectivity index (χ3n) is 2.39. The van der Waals surface area contributed by atoms with E-state index in [0.29, 0.717) is 12.2 Å². The fraction of sp³-hybridized carbons (Fsp3) is 0.462. The zero-order valence-electron chi connectivity index (χ0n) is 10.8. The molecule has 1 aromatic rings. The summed E-state index contributed by atoms with van der Waals surface area (Å²) >= 11 is 0. The molecule has 0 aliphatic heterocycles. The van der Waals surface area contributed by atoms with Crippen LogP contribution in [0.2, 0.25) is 0 Å². The van der Waals surface area contributed by atoms with Crippen molar-refractivity contribution in [2.45, 2.75) is 6.92 Å². The maximum Gasteiger partial charge on any atom is 0.337 e. The van der Waals surface area contributed by atoms with Gasteiger partial charge in [-0.2, -0.15) is 0 Å². The summed E-state index contributed by atoms with van der Waals surface area (Å²) in [6.07, 6.45) is 0. The molecule has 4 heteroatoms. The molecule has 0 spiro atoms. The van der Waals surface area contributed by atoms with E-state index in [1.54, 1.807) is 18.2 Å². The van der Waals surface area contributed by atoms with Crippen LogP contribution >= 0.6 is 0 Å². The summed E-state index contributed by atoms with van der Waals surface area (Å²) in [5.41, 5.74) is 1.48. The van der Waals surface area contributed by atoms with E-state index in [1.807, 2.05) is 21.0 Å². The molecule has 0 amide bonds. The third-order valence-corrected chi connectivity index (χ3v) is 2.39. The lowest BCUT2D eigenvalue weighted by Gasteiger charge is -2.13. The second-order valence-corrected chi connectivity index (χ2v) is 4.12. The SMILES string of the molecule is COC(=O)c1ccc(OCCN(C)C)c(C)c1. The molecule has 0 radical (unpaired) electrons. The zero-order chi connectivity index (χ0) is 12.8. The Kier molecular flexibility index (Phi) is 4.97. The average Bonchev–Trinajstić information content (AvgIpc) is 2.29. The number of ether oxygens (including phenoxy) is 2. The van der Waals surface area contributed by atoms with Crippen LogP contribution in [0.5, 0.6) is 5.75 Å². The Morgan fingerprint density at radius 3 is 2.59 bits per heavy atom. The molecule has 0 bridgehead atoms. The molecule has 1 aromatic carbocycles. The van der Waals surface area contributed by atoms with Crippen LogP contribution in [0, 0.1) is 6.92 Å². The predicted molar refractivity (Wildman–Crippen MR) is 66.6 cm³/mol. The quantitative estimate of drug-likeness (QED) is 0.731. The Bertz CT molecular complexity index is 388. The first-order chi connectivity index (χ1) is 8.04. The van der Waals surface area contributed by atoms with E-state index in [-0.39, 0.29) is 5.97 Å². The van der Waals surface area contributed by atoms with Crippen LogP contribution in [0.4, 0.5) is 0 Å². The van der Waals surface area contributed by atoms with Crippen LogP contribution in [0.3, 0.4) is 0 Å². The number of methoxy groups -OCH3 is 1. The third kappa shape index (κ3) is 4.07. The van der Waals surface area contributed by atoms with Gasteiger partial charge in [-0.05, 0) is 44.8 Å². The van der Waals surface area contributed by atoms with E-state index in [0.717, 1.165) is 17.9 Å². The normalized spacial score (nSPS) is 10.4. The monoisotopic (exact) mass is 237 g/mol. The van der Waals surface area contributed by atoms with Gasteiger partial charge in [-0.3, -0.25) is 0 Å². The fourth-order valence-corrected chi connectivity index (χ4v) is 1.39. The Balaban J connectivity index is 2.66. The number of esters is 1. The summed E-state index contributed by atoms with van der Waals surface area (Å²) < 4.78 is 10.3.